The van der Waals surface area contributed by atoms with E-state index in [1.807, 2.05) is 0 Å². The lowest BCUT2D eigenvalue weighted by Gasteiger charge is -2.08. The molecule has 0 bridgehead atoms. The summed E-state index contributed by atoms with van der Waals surface area (Å²) in [5.41, 5.74) is -0.338. The highest BCUT2D eigenvalue weighted by Crippen LogP contribution is 2.00. The van der Waals surface area contributed by atoms with Gasteiger partial charge in [0.05, 0.1) is 6.33 Å². The Bertz CT molecular complexity index is 672. The van der Waals surface area contributed by atoms with Crippen LogP contribution in [0.15, 0.2) is 15.9 Å². The number of nitrogens with one attached hydrogen (secondary N) is 1. The van der Waals surface area contributed by atoms with Crippen molar-refractivity contribution in [1.29, 1.82) is 0 Å². The number of aromatic amines is 1. The zero-order valence-corrected chi connectivity index (χ0v) is 11.1. The largest absolute Gasteiger partial charge is 0.368 e. The summed E-state index contributed by atoms with van der Waals surface area (Å²) >= 11 is 0. The van der Waals surface area contributed by atoms with E-state index in [9.17, 15) is 9.59 Å². The molecule has 0 aliphatic heterocycles. The highest BCUT2D eigenvalue weighted by Gasteiger charge is 2.12. The van der Waals surface area contributed by atoms with Gasteiger partial charge in [0.15, 0.2) is 11.9 Å². The Morgan fingerprint density at radius 3 is 2.74 bits per heavy atom. The van der Waals surface area contributed by atoms with Crippen molar-refractivity contribution in [3.05, 3.63) is 27.2 Å². The predicted molar refractivity (Wildman–Crippen MR) is 70.3 cm³/mol. The number of hydrogen-bond acceptors (Lipinski definition) is 5. The minimum Gasteiger partial charge on any atom is -0.368 e. The summed E-state index contributed by atoms with van der Waals surface area (Å²) in [5.74, 6) is 0. The van der Waals surface area contributed by atoms with Gasteiger partial charge < -0.3 is 15.2 Å². The standard InChI is InChI=1S/C10H14N4O4.ClH/c1-13-8-7(11-5-12-8)9(17)14(10(13)18)4-2-3-6(15)16;/h5-6,15-16H,2-4H2,1H3,(H,11,12);1H. The van der Waals surface area contributed by atoms with Gasteiger partial charge in [-0.25, -0.2) is 9.78 Å². The van der Waals surface area contributed by atoms with Crippen LogP contribution in [0.4, 0.5) is 0 Å². The molecule has 19 heavy (non-hydrogen) atoms. The molecule has 0 aliphatic rings. The van der Waals surface area contributed by atoms with Crippen LogP contribution in [0.3, 0.4) is 0 Å². The molecule has 2 heterocycles. The molecule has 2 rings (SSSR count). The number of aryl methyl sites for hydroxylation is 1. The zero-order valence-electron chi connectivity index (χ0n) is 10.2. The summed E-state index contributed by atoms with van der Waals surface area (Å²) < 4.78 is 2.34. The van der Waals surface area contributed by atoms with E-state index in [-0.39, 0.29) is 30.9 Å². The van der Waals surface area contributed by atoms with Crippen molar-refractivity contribution in [2.75, 3.05) is 0 Å². The van der Waals surface area contributed by atoms with Crippen molar-refractivity contribution in [2.45, 2.75) is 25.7 Å². The summed E-state index contributed by atoms with van der Waals surface area (Å²) in [7, 11) is 1.53. The maximum Gasteiger partial charge on any atom is 0.332 e. The van der Waals surface area contributed by atoms with Crippen molar-refractivity contribution in [3.63, 3.8) is 0 Å². The van der Waals surface area contributed by atoms with E-state index in [0.29, 0.717) is 12.1 Å². The number of hydrogen-bond donors (Lipinski definition) is 3. The van der Waals surface area contributed by atoms with E-state index in [4.69, 9.17) is 10.2 Å². The van der Waals surface area contributed by atoms with E-state index in [1.165, 1.54) is 17.9 Å². The number of aromatic nitrogens is 4. The van der Waals surface area contributed by atoms with Crippen LogP contribution in [-0.4, -0.2) is 35.6 Å². The normalized spacial score (nSPS) is 10.9. The van der Waals surface area contributed by atoms with Gasteiger partial charge in [-0.05, 0) is 12.8 Å². The first-order valence-electron chi connectivity index (χ1n) is 5.51. The van der Waals surface area contributed by atoms with Crippen molar-refractivity contribution < 1.29 is 10.2 Å². The Balaban J connectivity index is 0.00000180. The second kappa shape index (κ2) is 6.00. The van der Waals surface area contributed by atoms with Crippen LogP contribution in [-0.2, 0) is 13.6 Å². The summed E-state index contributed by atoms with van der Waals surface area (Å²) in [6.45, 7) is 0.137. The van der Waals surface area contributed by atoms with Crippen molar-refractivity contribution in [1.82, 2.24) is 19.1 Å². The smallest absolute Gasteiger partial charge is 0.332 e. The third-order valence-electron chi connectivity index (χ3n) is 2.76. The first-order valence-corrected chi connectivity index (χ1v) is 5.51. The number of halogens is 1. The number of fused-ring (bicyclic) bond motifs is 1. The molecule has 0 amide bonds. The maximum absolute atomic E-state index is 12.0. The Morgan fingerprint density at radius 1 is 1.42 bits per heavy atom. The number of aliphatic hydroxyl groups is 2. The molecule has 0 unspecified atom stereocenters. The van der Waals surface area contributed by atoms with E-state index < -0.39 is 17.5 Å². The highest BCUT2D eigenvalue weighted by molar-refractivity contribution is 5.85. The zero-order chi connectivity index (χ0) is 13.3. The maximum atomic E-state index is 12.0. The molecule has 0 saturated carbocycles. The van der Waals surface area contributed by atoms with E-state index in [2.05, 4.69) is 9.97 Å². The molecule has 0 fully saturated rings. The molecule has 8 nitrogen and oxygen atoms in total. The number of H-pyrrole nitrogens is 1. The molecule has 9 heteroatoms. The Labute approximate surface area is 113 Å². The fourth-order valence-electron chi connectivity index (χ4n) is 1.82. The van der Waals surface area contributed by atoms with Crippen LogP contribution in [0.2, 0.25) is 0 Å². The van der Waals surface area contributed by atoms with Gasteiger partial charge in [-0.2, -0.15) is 0 Å². The Hall–Kier alpha value is -1.64. The van der Waals surface area contributed by atoms with Crippen molar-refractivity contribution in [3.8, 4) is 0 Å². The molecule has 3 N–H and O–H groups in total. The van der Waals surface area contributed by atoms with Gasteiger partial charge in [0.1, 0.15) is 5.52 Å². The van der Waals surface area contributed by atoms with Gasteiger partial charge in [0.2, 0.25) is 0 Å². The lowest BCUT2D eigenvalue weighted by atomic mass is 10.3. The summed E-state index contributed by atoms with van der Waals surface area (Å²) in [5, 5.41) is 17.5. The first-order chi connectivity index (χ1) is 8.52. The predicted octanol–water partition coefficient (Wildman–Crippen LogP) is -1.06. The molecule has 0 atom stereocenters. The van der Waals surface area contributed by atoms with Gasteiger partial charge in [0, 0.05) is 13.6 Å². The third-order valence-corrected chi connectivity index (χ3v) is 2.76. The highest BCUT2D eigenvalue weighted by atomic mass is 35.5. The minimum absolute atomic E-state index is 0. The second-order valence-electron chi connectivity index (χ2n) is 4.02. The third kappa shape index (κ3) is 2.86. The molecular weight excluding hydrogens is 276 g/mol. The van der Waals surface area contributed by atoms with Gasteiger partial charge in [0.25, 0.3) is 5.56 Å². The van der Waals surface area contributed by atoms with Crippen molar-refractivity contribution >= 4 is 23.6 Å². The fraction of sp³-hybridized carbons (Fsp3) is 0.500. The molecule has 0 aliphatic carbocycles. The number of rotatable bonds is 4. The summed E-state index contributed by atoms with van der Waals surface area (Å²) in [6.07, 6.45) is 0.358. The van der Waals surface area contributed by atoms with Crippen molar-refractivity contribution in [2.24, 2.45) is 7.05 Å². The Kier molecular flexibility index (Phi) is 4.87. The quantitative estimate of drug-likeness (QED) is 0.621. The molecule has 0 radical (unpaired) electrons. The number of aliphatic hydroxyl groups excluding tert-OH is 1. The molecule has 106 valence electrons. The molecule has 2 aromatic rings. The van der Waals surface area contributed by atoms with Gasteiger partial charge in [-0.3, -0.25) is 13.9 Å². The van der Waals surface area contributed by atoms with Gasteiger partial charge in [-0.1, -0.05) is 0 Å². The fourth-order valence-corrected chi connectivity index (χ4v) is 1.82. The van der Waals surface area contributed by atoms with Gasteiger partial charge >= 0.3 is 5.69 Å². The van der Waals surface area contributed by atoms with Crippen LogP contribution in [0.5, 0.6) is 0 Å². The molecule has 0 aromatic carbocycles. The topological polar surface area (TPSA) is 113 Å². The minimum atomic E-state index is -1.43. The lowest BCUT2D eigenvalue weighted by Crippen LogP contribution is -2.39. The van der Waals surface area contributed by atoms with E-state index in [0.717, 1.165) is 4.57 Å². The number of imidazole rings is 1. The summed E-state index contributed by atoms with van der Waals surface area (Å²) in [6, 6.07) is 0. The van der Waals surface area contributed by atoms with Crippen LogP contribution < -0.4 is 11.2 Å². The van der Waals surface area contributed by atoms with Crippen LogP contribution in [0, 0.1) is 0 Å². The molecule has 0 spiro atoms. The average Bonchev–Trinajstić information content (AvgIpc) is 2.79. The SMILES string of the molecule is Cl.Cn1c(=O)n(CCCC(O)O)c(=O)c2[nH]cnc21. The van der Waals surface area contributed by atoms with E-state index in [1.54, 1.807) is 0 Å². The number of nitrogens with zero attached hydrogens (tertiary/aromatic N) is 3. The van der Waals surface area contributed by atoms with Crippen LogP contribution in [0.1, 0.15) is 12.8 Å². The lowest BCUT2D eigenvalue weighted by molar-refractivity contribution is -0.0469. The molecule has 2 aromatic heterocycles. The monoisotopic (exact) mass is 290 g/mol. The summed E-state index contributed by atoms with van der Waals surface area (Å²) in [4.78, 5) is 30.5. The Morgan fingerprint density at radius 2 is 2.11 bits per heavy atom. The van der Waals surface area contributed by atoms with E-state index >= 15 is 0 Å². The second-order valence-corrected chi connectivity index (χ2v) is 4.02. The molecular formula is C10H15ClN4O4. The van der Waals surface area contributed by atoms with Gasteiger partial charge in [-0.15, -0.1) is 12.4 Å². The molecule has 0 saturated heterocycles. The average molecular weight is 291 g/mol. The van der Waals surface area contributed by atoms with Crippen LogP contribution >= 0.6 is 12.4 Å². The van der Waals surface area contributed by atoms with Crippen LogP contribution in [0.25, 0.3) is 11.2 Å². The first kappa shape index (κ1) is 15.4.